The van der Waals surface area contributed by atoms with Crippen LogP contribution in [-0.4, -0.2) is 17.2 Å². The molecule has 2 rings (SSSR count). The first kappa shape index (κ1) is 12.1. The zero-order valence-corrected chi connectivity index (χ0v) is 10.3. The predicted octanol–water partition coefficient (Wildman–Crippen LogP) is 2.39. The van der Waals surface area contributed by atoms with Crippen LogP contribution < -0.4 is 5.32 Å². The topological polar surface area (TPSA) is 51.0 Å². The van der Waals surface area contributed by atoms with Crippen molar-refractivity contribution in [1.82, 2.24) is 15.5 Å². The van der Waals surface area contributed by atoms with Crippen molar-refractivity contribution in [1.29, 1.82) is 0 Å². The Morgan fingerprint density at radius 1 is 1.41 bits per heavy atom. The number of halogens is 1. The molecule has 17 heavy (non-hydrogen) atoms. The molecule has 4 nitrogen and oxygen atoms in total. The molecule has 0 aliphatic heterocycles. The third-order valence-electron chi connectivity index (χ3n) is 2.08. The number of aryl methyl sites for hydroxylation is 1. The second-order valence-electron chi connectivity index (χ2n) is 3.48. The number of rotatable bonds is 4. The van der Waals surface area contributed by atoms with Crippen molar-refractivity contribution in [2.24, 2.45) is 0 Å². The fourth-order valence-electron chi connectivity index (χ4n) is 1.35. The van der Waals surface area contributed by atoms with Crippen LogP contribution in [0.25, 0.3) is 0 Å². The van der Waals surface area contributed by atoms with Gasteiger partial charge in [0.2, 0.25) is 5.89 Å². The lowest BCUT2D eigenvalue weighted by Crippen LogP contribution is -2.05. The highest BCUT2D eigenvalue weighted by Gasteiger charge is 2.09. The number of nitrogens with zero attached hydrogens (tertiary/aromatic N) is 2. The van der Waals surface area contributed by atoms with Crippen LogP contribution in [0.1, 0.15) is 11.5 Å². The van der Waals surface area contributed by atoms with Crippen LogP contribution in [0.4, 0.5) is 4.39 Å². The summed E-state index contributed by atoms with van der Waals surface area (Å²) in [5.74, 6) is 0.193. The highest BCUT2D eigenvalue weighted by Crippen LogP contribution is 2.29. The number of aromatic nitrogens is 2. The number of benzene rings is 1. The van der Waals surface area contributed by atoms with Crippen molar-refractivity contribution < 1.29 is 8.81 Å². The molecule has 0 unspecified atom stereocenters. The Labute approximate surface area is 103 Å². The molecule has 6 heteroatoms. The maximum atomic E-state index is 13.7. The van der Waals surface area contributed by atoms with Crippen LogP contribution in [0, 0.1) is 12.7 Å². The summed E-state index contributed by atoms with van der Waals surface area (Å²) >= 11 is 1.13. The molecule has 0 bridgehead atoms. The van der Waals surface area contributed by atoms with E-state index in [0.29, 0.717) is 22.6 Å². The van der Waals surface area contributed by atoms with Crippen LogP contribution >= 0.6 is 11.8 Å². The van der Waals surface area contributed by atoms with Crippen molar-refractivity contribution in [3.05, 3.63) is 35.5 Å². The van der Waals surface area contributed by atoms with Gasteiger partial charge in [0.15, 0.2) is 0 Å². The summed E-state index contributed by atoms with van der Waals surface area (Å²) in [6.45, 7) is 2.34. The van der Waals surface area contributed by atoms with E-state index in [-0.39, 0.29) is 5.82 Å². The lowest BCUT2D eigenvalue weighted by molar-refractivity contribution is 0.429. The van der Waals surface area contributed by atoms with Crippen molar-refractivity contribution in [2.45, 2.75) is 23.6 Å². The molecule has 0 atom stereocenters. The minimum absolute atomic E-state index is 0.279. The van der Waals surface area contributed by atoms with Gasteiger partial charge in [-0.05, 0) is 36.5 Å². The van der Waals surface area contributed by atoms with Crippen molar-refractivity contribution in [3.63, 3.8) is 0 Å². The van der Waals surface area contributed by atoms with E-state index < -0.39 is 0 Å². The lowest BCUT2D eigenvalue weighted by Gasteiger charge is -2.03. The third kappa shape index (κ3) is 3.04. The van der Waals surface area contributed by atoms with Crippen LogP contribution in [0.3, 0.4) is 0 Å². The third-order valence-corrected chi connectivity index (χ3v) is 2.97. The van der Waals surface area contributed by atoms with Gasteiger partial charge in [0.05, 0.1) is 4.90 Å². The van der Waals surface area contributed by atoms with Crippen LogP contribution in [-0.2, 0) is 6.54 Å². The molecular weight excluding hydrogens is 241 g/mol. The summed E-state index contributed by atoms with van der Waals surface area (Å²) in [4.78, 5) is 0.480. The van der Waals surface area contributed by atoms with E-state index in [1.807, 2.05) is 13.1 Å². The van der Waals surface area contributed by atoms with E-state index in [0.717, 1.165) is 17.3 Å². The zero-order valence-electron chi connectivity index (χ0n) is 9.53. The Kier molecular flexibility index (Phi) is 3.75. The molecule has 2 aromatic rings. The maximum absolute atomic E-state index is 13.7. The van der Waals surface area contributed by atoms with Gasteiger partial charge in [-0.2, -0.15) is 0 Å². The Balaban J connectivity index is 2.16. The molecule has 1 aromatic carbocycles. The average Bonchev–Trinajstić information content (AvgIpc) is 2.69. The van der Waals surface area contributed by atoms with Gasteiger partial charge < -0.3 is 9.73 Å². The Hall–Kier alpha value is -1.40. The van der Waals surface area contributed by atoms with Gasteiger partial charge in [0.25, 0.3) is 5.22 Å². The molecule has 0 saturated heterocycles. The van der Waals surface area contributed by atoms with Gasteiger partial charge in [-0.15, -0.1) is 10.2 Å². The Bertz CT molecular complexity index is 515. The van der Waals surface area contributed by atoms with Gasteiger partial charge >= 0.3 is 0 Å². The normalized spacial score (nSPS) is 10.8. The Morgan fingerprint density at radius 3 is 2.82 bits per heavy atom. The first-order chi connectivity index (χ1) is 8.19. The first-order valence-electron chi connectivity index (χ1n) is 5.10. The molecule has 0 radical (unpaired) electrons. The molecule has 0 amide bonds. The van der Waals surface area contributed by atoms with Gasteiger partial charge in [-0.25, -0.2) is 4.39 Å². The molecule has 0 fully saturated rings. The molecule has 0 saturated carbocycles. The molecule has 0 spiro atoms. The summed E-state index contributed by atoms with van der Waals surface area (Å²) < 4.78 is 18.9. The standard InChI is InChI=1S/C11H12FN3OS/c1-7-14-15-11(16-7)17-10-4-3-8(6-13-2)5-9(10)12/h3-5,13H,6H2,1-2H3. The summed E-state index contributed by atoms with van der Waals surface area (Å²) in [7, 11) is 1.82. The summed E-state index contributed by atoms with van der Waals surface area (Å²) in [5.41, 5.74) is 0.899. The predicted molar refractivity (Wildman–Crippen MR) is 62.3 cm³/mol. The maximum Gasteiger partial charge on any atom is 0.281 e. The molecule has 1 aromatic heterocycles. The fraction of sp³-hybridized carbons (Fsp3) is 0.273. The number of nitrogens with one attached hydrogen (secondary N) is 1. The molecule has 0 aliphatic rings. The number of hydrogen-bond donors (Lipinski definition) is 1. The monoisotopic (exact) mass is 253 g/mol. The molecule has 90 valence electrons. The highest BCUT2D eigenvalue weighted by atomic mass is 32.2. The molecular formula is C11H12FN3OS. The van der Waals surface area contributed by atoms with E-state index in [1.165, 1.54) is 6.07 Å². The number of hydrogen-bond acceptors (Lipinski definition) is 5. The lowest BCUT2D eigenvalue weighted by atomic mass is 10.2. The van der Waals surface area contributed by atoms with Gasteiger partial charge in [-0.1, -0.05) is 6.07 Å². The van der Waals surface area contributed by atoms with Crippen molar-refractivity contribution >= 4 is 11.8 Å². The van der Waals surface area contributed by atoms with Crippen LogP contribution in [0.5, 0.6) is 0 Å². The summed E-state index contributed by atoms with van der Waals surface area (Å²) in [5, 5.41) is 10.8. The van der Waals surface area contributed by atoms with E-state index >= 15 is 0 Å². The SMILES string of the molecule is CNCc1ccc(Sc2nnc(C)o2)c(F)c1. The average molecular weight is 253 g/mol. The summed E-state index contributed by atoms with van der Waals surface area (Å²) in [6, 6.07) is 5.08. The van der Waals surface area contributed by atoms with Crippen LogP contribution in [0.15, 0.2) is 32.7 Å². The minimum Gasteiger partial charge on any atom is -0.416 e. The zero-order chi connectivity index (χ0) is 12.3. The Morgan fingerprint density at radius 2 is 2.24 bits per heavy atom. The molecule has 0 aliphatic carbocycles. The van der Waals surface area contributed by atoms with Crippen molar-refractivity contribution in [3.8, 4) is 0 Å². The highest BCUT2D eigenvalue weighted by molar-refractivity contribution is 7.99. The van der Waals surface area contributed by atoms with E-state index in [1.54, 1.807) is 13.0 Å². The van der Waals surface area contributed by atoms with E-state index in [4.69, 9.17) is 4.42 Å². The minimum atomic E-state index is -0.279. The smallest absolute Gasteiger partial charge is 0.281 e. The molecule has 1 N–H and O–H groups in total. The van der Waals surface area contributed by atoms with E-state index in [2.05, 4.69) is 15.5 Å². The van der Waals surface area contributed by atoms with Gasteiger partial charge in [0, 0.05) is 13.5 Å². The first-order valence-corrected chi connectivity index (χ1v) is 5.91. The summed E-state index contributed by atoms with van der Waals surface area (Å²) in [6.07, 6.45) is 0. The van der Waals surface area contributed by atoms with Crippen LogP contribution in [0.2, 0.25) is 0 Å². The second kappa shape index (κ2) is 5.29. The second-order valence-corrected chi connectivity index (χ2v) is 4.48. The largest absolute Gasteiger partial charge is 0.416 e. The van der Waals surface area contributed by atoms with Gasteiger partial charge in [-0.3, -0.25) is 0 Å². The fourth-order valence-corrected chi connectivity index (χ4v) is 2.08. The quantitative estimate of drug-likeness (QED) is 0.906. The van der Waals surface area contributed by atoms with Crippen molar-refractivity contribution in [2.75, 3.05) is 7.05 Å². The van der Waals surface area contributed by atoms with Gasteiger partial charge in [0.1, 0.15) is 5.82 Å². The molecule has 1 heterocycles. The van der Waals surface area contributed by atoms with E-state index in [9.17, 15) is 4.39 Å².